The summed E-state index contributed by atoms with van der Waals surface area (Å²) in [6, 6.07) is 10.0. The van der Waals surface area contributed by atoms with Gasteiger partial charge in [-0.3, -0.25) is 4.79 Å². The molecule has 1 heterocycles. The average molecular weight is 294 g/mol. The Kier molecular flexibility index (Phi) is 6.17. The molecule has 1 aliphatic rings. The third-order valence-corrected chi connectivity index (χ3v) is 3.39. The van der Waals surface area contributed by atoms with E-state index >= 15 is 0 Å². The lowest BCUT2D eigenvalue weighted by atomic mass is 10.1. The van der Waals surface area contributed by atoms with E-state index in [0.717, 1.165) is 5.56 Å². The standard InChI is InChI=1S/C16H22O5/c1-12(17)19-11-15-8-14(9-16(18-2)21-15)20-10-13-6-4-3-5-7-13/h3-7,14-16H,8-11H2,1-2H3/t14-,15+,16?/m1/s1. The van der Waals surface area contributed by atoms with Gasteiger partial charge in [-0.15, -0.1) is 0 Å². The first kappa shape index (κ1) is 15.9. The Morgan fingerprint density at radius 3 is 2.71 bits per heavy atom. The van der Waals surface area contributed by atoms with E-state index in [1.165, 1.54) is 6.92 Å². The second kappa shape index (κ2) is 8.12. The summed E-state index contributed by atoms with van der Waals surface area (Å²) in [6.07, 6.45) is 0.901. The molecule has 3 atom stereocenters. The SMILES string of the molecule is COC1C[C@H](OCc2ccccc2)C[C@@H](COC(C)=O)O1. The van der Waals surface area contributed by atoms with Gasteiger partial charge in [0.2, 0.25) is 0 Å². The second-order valence-corrected chi connectivity index (χ2v) is 5.12. The van der Waals surface area contributed by atoms with Crippen molar-refractivity contribution in [1.82, 2.24) is 0 Å². The summed E-state index contributed by atoms with van der Waals surface area (Å²) in [5.41, 5.74) is 1.13. The smallest absolute Gasteiger partial charge is 0.302 e. The van der Waals surface area contributed by atoms with Gasteiger partial charge in [-0.2, -0.15) is 0 Å². The van der Waals surface area contributed by atoms with Crippen LogP contribution in [0.5, 0.6) is 0 Å². The largest absolute Gasteiger partial charge is 0.463 e. The molecule has 0 spiro atoms. The van der Waals surface area contributed by atoms with E-state index in [-0.39, 0.29) is 31.1 Å². The van der Waals surface area contributed by atoms with Crippen molar-refractivity contribution in [1.29, 1.82) is 0 Å². The first-order valence-corrected chi connectivity index (χ1v) is 7.14. The molecule has 2 rings (SSSR count). The van der Waals surface area contributed by atoms with E-state index in [9.17, 15) is 4.79 Å². The minimum Gasteiger partial charge on any atom is -0.463 e. The number of carbonyl (C=O) groups excluding carboxylic acids is 1. The van der Waals surface area contributed by atoms with Crippen molar-refractivity contribution in [2.75, 3.05) is 13.7 Å². The predicted octanol–water partition coefficient (Wildman–Crippen LogP) is 2.29. The Labute approximate surface area is 125 Å². The van der Waals surface area contributed by atoms with Gasteiger partial charge in [-0.25, -0.2) is 0 Å². The van der Waals surface area contributed by atoms with Crippen molar-refractivity contribution >= 4 is 5.97 Å². The van der Waals surface area contributed by atoms with Crippen LogP contribution in [0.15, 0.2) is 30.3 Å². The van der Waals surface area contributed by atoms with Gasteiger partial charge in [-0.1, -0.05) is 30.3 Å². The number of carbonyl (C=O) groups is 1. The highest BCUT2D eigenvalue weighted by Crippen LogP contribution is 2.24. The number of hydrogen-bond donors (Lipinski definition) is 0. The predicted molar refractivity (Wildman–Crippen MR) is 76.6 cm³/mol. The highest BCUT2D eigenvalue weighted by Gasteiger charge is 2.30. The highest BCUT2D eigenvalue weighted by atomic mass is 16.7. The molecule has 0 bridgehead atoms. The molecule has 1 aromatic rings. The molecule has 21 heavy (non-hydrogen) atoms. The quantitative estimate of drug-likeness (QED) is 0.753. The van der Waals surface area contributed by atoms with Crippen molar-refractivity contribution < 1.29 is 23.7 Å². The molecule has 0 amide bonds. The minimum absolute atomic E-state index is 0.0319. The molecule has 1 aromatic carbocycles. The van der Waals surface area contributed by atoms with Crippen molar-refractivity contribution in [3.05, 3.63) is 35.9 Å². The fraction of sp³-hybridized carbons (Fsp3) is 0.562. The minimum atomic E-state index is -0.319. The lowest BCUT2D eigenvalue weighted by Crippen LogP contribution is -2.40. The first-order chi connectivity index (χ1) is 10.2. The number of esters is 1. The maximum Gasteiger partial charge on any atom is 0.302 e. The lowest BCUT2D eigenvalue weighted by Gasteiger charge is -2.34. The fourth-order valence-electron chi connectivity index (χ4n) is 2.32. The maximum atomic E-state index is 10.9. The van der Waals surface area contributed by atoms with Crippen molar-refractivity contribution in [2.24, 2.45) is 0 Å². The molecule has 0 aromatic heterocycles. The van der Waals surface area contributed by atoms with Gasteiger partial charge < -0.3 is 18.9 Å². The van der Waals surface area contributed by atoms with Gasteiger partial charge in [0.05, 0.1) is 18.8 Å². The van der Waals surface area contributed by atoms with E-state index in [2.05, 4.69) is 0 Å². The van der Waals surface area contributed by atoms with Crippen LogP contribution in [0.4, 0.5) is 0 Å². The van der Waals surface area contributed by atoms with Gasteiger partial charge in [-0.05, 0) is 5.56 Å². The molecule has 0 aliphatic carbocycles. The van der Waals surface area contributed by atoms with E-state index < -0.39 is 0 Å². The van der Waals surface area contributed by atoms with E-state index in [0.29, 0.717) is 19.4 Å². The molecule has 5 heteroatoms. The summed E-state index contributed by atoms with van der Waals surface area (Å²) in [7, 11) is 1.60. The van der Waals surface area contributed by atoms with Gasteiger partial charge >= 0.3 is 5.97 Å². The normalized spacial score (nSPS) is 25.5. The van der Waals surface area contributed by atoms with Crippen LogP contribution in [-0.4, -0.2) is 38.2 Å². The molecule has 0 radical (unpaired) electrons. The summed E-state index contributed by atoms with van der Waals surface area (Å²) < 4.78 is 21.9. The van der Waals surface area contributed by atoms with Crippen LogP contribution in [0, 0.1) is 0 Å². The van der Waals surface area contributed by atoms with Crippen LogP contribution in [0.1, 0.15) is 25.3 Å². The van der Waals surface area contributed by atoms with Crippen molar-refractivity contribution in [3.63, 3.8) is 0 Å². The van der Waals surface area contributed by atoms with Crippen molar-refractivity contribution in [2.45, 2.75) is 44.9 Å². The second-order valence-electron chi connectivity index (χ2n) is 5.12. The first-order valence-electron chi connectivity index (χ1n) is 7.14. The number of methoxy groups -OCH3 is 1. The zero-order valence-electron chi connectivity index (χ0n) is 12.5. The van der Waals surface area contributed by atoms with Crippen molar-refractivity contribution in [3.8, 4) is 0 Å². The Morgan fingerprint density at radius 1 is 1.29 bits per heavy atom. The van der Waals surface area contributed by atoms with Crippen LogP contribution in [0.2, 0.25) is 0 Å². The third kappa shape index (κ3) is 5.46. The Morgan fingerprint density at radius 2 is 2.05 bits per heavy atom. The van der Waals surface area contributed by atoms with Gasteiger partial charge in [0.1, 0.15) is 6.61 Å². The van der Waals surface area contributed by atoms with Crippen LogP contribution >= 0.6 is 0 Å². The number of rotatable bonds is 6. The molecule has 0 N–H and O–H groups in total. The van der Waals surface area contributed by atoms with Crippen LogP contribution in [0.25, 0.3) is 0 Å². The summed E-state index contributed by atoms with van der Waals surface area (Å²) in [6.45, 7) is 2.18. The summed E-state index contributed by atoms with van der Waals surface area (Å²) in [4.78, 5) is 10.9. The average Bonchev–Trinajstić information content (AvgIpc) is 2.51. The van der Waals surface area contributed by atoms with E-state index in [1.54, 1.807) is 7.11 Å². The zero-order chi connectivity index (χ0) is 15.1. The third-order valence-electron chi connectivity index (χ3n) is 3.39. The Bertz CT molecular complexity index is 434. The van der Waals surface area contributed by atoms with Crippen LogP contribution in [0.3, 0.4) is 0 Å². The summed E-state index contributed by atoms with van der Waals surface area (Å²) in [5.74, 6) is -0.306. The van der Waals surface area contributed by atoms with E-state index in [1.807, 2.05) is 30.3 Å². The molecule has 1 fully saturated rings. The topological polar surface area (TPSA) is 54.0 Å². The van der Waals surface area contributed by atoms with Crippen LogP contribution in [-0.2, 0) is 30.3 Å². The molecular formula is C16H22O5. The fourth-order valence-corrected chi connectivity index (χ4v) is 2.32. The highest BCUT2D eigenvalue weighted by molar-refractivity contribution is 5.65. The monoisotopic (exact) mass is 294 g/mol. The van der Waals surface area contributed by atoms with Gasteiger partial charge in [0.15, 0.2) is 6.29 Å². The molecule has 5 nitrogen and oxygen atoms in total. The lowest BCUT2D eigenvalue weighted by molar-refractivity contribution is -0.222. The molecular weight excluding hydrogens is 272 g/mol. The van der Waals surface area contributed by atoms with Gasteiger partial charge in [0.25, 0.3) is 0 Å². The molecule has 1 unspecified atom stereocenters. The molecule has 1 saturated heterocycles. The number of hydrogen-bond acceptors (Lipinski definition) is 5. The number of benzene rings is 1. The van der Waals surface area contributed by atoms with E-state index in [4.69, 9.17) is 18.9 Å². The molecule has 1 aliphatic heterocycles. The Hall–Kier alpha value is -1.43. The summed E-state index contributed by atoms with van der Waals surface area (Å²) in [5, 5.41) is 0. The summed E-state index contributed by atoms with van der Waals surface area (Å²) >= 11 is 0. The van der Waals surface area contributed by atoms with Gasteiger partial charge in [0, 0.05) is 26.9 Å². The Balaban J connectivity index is 1.84. The number of ether oxygens (including phenoxy) is 4. The zero-order valence-corrected chi connectivity index (χ0v) is 12.5. The molecule has 116 valence electrons. The molecule has 0 saturated carbocycles. The maximum absolute atomic E-state index is 10.9. The van der Waals surface area contributed by atoms with Crippen LogP contribution < -0.4 is 0 Å².